The molecule has 5 rings (SSSR count). The summed E-state index contributed by atoms with van der Waals surface area (Å²) in [6.45, 7) is 5.76. The maximum atomic E-state index is 14.9. The predicted octanol–water partition coefficient (Wildman–Crippen LogP) is 5.79. The molecule has 5 nitrogen and oxygen atoms in total. The molecule has 31 heavy (non-hydrogen) atoms. The van der Waals surface area contributed by atoms with Crippen molar-refractivity contribution in [1.29, 1.82) is 0 Å². The van der Waals surface area contributed by atoms with Crippen molar-refractivity contribution in [2.75, 3.05) is 0 Å². The first kappa shape index (κ1) is 19.2. The van der Waals surface area contributed by atoms with Gasteiger partial charge in [-0.05, 0) is 56.2 Å². The standard InChI is InChI=1S/C25H21FN4O/c1-15-23(16(2)31-29-15)19-11-12-21-22(14-19)30(17(3)28-21)25(18-8-5-4-6-9-18)24-20(26)10-7-13-27-24/h4-14,25H,1-3H3. The molecule has 3 aromatic heterocycles. The third-order valence-electron chi connectivity index (χ3n) is 5.61. The minimum absolute atomic E-state index is 0.348. The van der Waals surface area contributed by atoms with Gasteiger partial charge in [-0.2, -0.15) is 0 Å². The molecule has 0 aliphatic rings. The van der Waals surface area contributed by atoms with E-state index in [9.17, 15) is 4.39 Å². The second-order valence-electron chi connectivity index (χ2n) is 7.62. The second kappa shape index (κ2) is 7.47. The van der Waals surface area contributed by atoms with Gasteiger partial charge in [-0.15, -0.1) is 0 Å². The molecule has 0 aliphatic carbocycles. The summed E-state index contributed by atoms with van der Waals surface area (Å²) in [5.41, 5.74) is 5.81. The molecule has 0 amide bonds. The molecule has 1 unspecified atom stereocenters. The molecule has 0 aliphatic heterocycles. The van der Waals surface area contributed by atoms with E-state index in [4.69, 9.17) is 9.51 Å². The number of fused-ring (bicyclic) bond motifs is 1. The first-order valence-corrected chi connectivity index (χ1v) is 10.1. The molecule has 2 aromatic carbocycles. The van der Waals surface area contributed by atoms with Gasteiger partial charge in [-0.25, -0.2) is 9.37 Å². The first-order valence-electron chi connectivity index (χ1n) is 10.1. The van der Waals surface area contributed by atoms with E-state index in [1.54, 1.807) is 12.3 Å². The van der Waals surface area contributed by atoms with Crippen molar-refractivity contribution in [1.82, 2.24) is 19.7 Å². The van der Waals surface area contributed by atoms with Gasteiger partial charge in [0.25, 0.3) is 0 Å². The van der Waals surface area contributed by atoms with Gasteiger partial charge in [0.05, 0.1) is 16.7 Å². The monoisotopic (exact) mass is 412 g/mol. The molecule has 0 bridgehead atoms. The minimum Gasteiger partial charge on any atom is -0.361 e. The molecule has 0 radical (unpaired) electrons. The Bertz CT molecular complexity index is 1370. The highest BCUT2D eigenvalue weighted by Gasteiger charge is 2.25. The molecule has 6 heteroatoms. The number of halogens is 1. The average Bonchev–Trinajstić information content (AvgIpc) is 3.28. The quantitative estimate of drug-likeness (QED) is 0.375. The Morgan fingerprint density at radius 3 is 2.48 bits per heavy atom. The van der Waals surface area contributed by atoms with Crippen LogP contribution in [0.25, 0.3) is 22.2 Å². The van der Waals surface area contributed by atoms with Gasteiger partial charge < -0.3 is 9.09 Å². The Balaban J connectivity index is 1.79. The number of benzene rings is 2. The van der Waals surface area contributed by atoms with Crippen molar-refractivity contribution in [3.8, 4) is 11.1 Å². The van der Waals surface area contributed by atoms with Gasteiger partial charge in [0.15, 0.2) is 0 Å². The lowest BCUT2D eigenvalue weighted by Crippen LogP contribution is -2.16. The van der Waals surface area contributed by atoms with E-state index in [2.05, 4.69) is 20.8 Å². The largest absolute Gasteiger partial charge is 0.361 e. The summed E-state index contributed by atoms with van der Waals surface area (Å²) in [5, 5.41) is 4.09. The van der Waals surface area contributed by atoms with E-state index >= 15 is 0 Å². The third-order valence-corrected chi connectivity index (χ3v) is 5.61. The summed E-state index contributed by atoms with van der Waals surface area (Å²) in [4.78, 5) is 9.17. The molecule has 5 aromatic rings. The van der Waals surface area contributed by atoms with E-state index in [1.165, 1.54) is 6.07 Å². The van der Waals surface area contributed by atoms with Gasteiger partial charge >= 0.3 is 0 Å². The van der Waals surface area contributed by atoms with Crippen molar-refractivity contribution in [2.24, 2.45) is 0 Å². The fourth-order valence-electron chi connectivity index (χ4n) is 4.25. The number of aryl methyl sites for hydroxylation is 3. The molecule has 3 heterocycles. The zero-order chi connectivity index (χ0) is 21.5. The molecule has 0 spiro atoms. The highest BCUT2D eigenvalue weighted by atomic mass is 19.1. The molecule has 0 saturated heterocycles. The summed E-state index contributed by atoms with van der Waals surface area (Å²) in [5.74, 6) is 1.19. The van der Waals surface area contributed by atoms with E-state index in [-0.39, 0.29) is 5.82 Å². The Hall–Kier alpha value is -3.80. The van der Waals surface area contributed by atoms with E-state index in [1.807, 2.05) is 63.2 Å². The van der Waals surface area contributed by atoms with Crippen molar-refractivity contribution >= 4 is 11.0 Å². The van der Waals surface area contributed by atoms with Gasteiger partial charge in [0.2, 0.25) is 0 Å². The smallest absolute Gasteiger partial charge is 0.147 e. The van der Waals surface area contributed by atoms with Crippen molar-refractivity contribution in [3.05, 3.63) is 101 Å². The van der Waals surface area contributed by atoms with E-state index in [0.29, 0.717) is 5.69 Å². The molecular formula is C25H21FN4O. The average molecular weight is 412 g/mol. The normalized spacial score (nSPS) is 12.4. The number of pyridine rings is 1. The van der Waals surface area contributed by atoms with E-state index in [0.717, 1.165) is 45.0 Å². The van der Waals surface area contributed by atoms with Crippen LogP contribution >= 0.6 is 0 Å². The maximum Gasteiger partial charge on any atom is 0.147 e. The van der Waals surface area contributed by atoms with Crippen LogP contribution in [0, 0.1) is 26.6 Å². The van der Waals surface area contributed by atoms with Crippen LogP contribution in [-0.4, -0.2) is 19.7 Å². The van der Waals surface area contributed by atoms with E-state index < -0.39 is 6.04 Å². The Morgan fingerprint density at radius 2 is 1.77 bits per heavy atom. The first-order chi connectivity index (χ1) is 15.0. The Kier molecular flexibility index (Phi) is 4.62. The van der Waals surface area contributed by atoms with Crippen molar-refractivity contribution < 1.29 is 8.91 Å². The molecule has 154 valence electrons. The Morgan fingerprint density at radius 1 is 0.968 bits per heavy atom. The number of nitrogens with zero attached hydrogens (tertiary/aromatic N) is 4. The van der Waals surface area contributed by atoms with Crippen LogP contribution in [0.1, 0.15) is 34.6 Å². The zero-order valence-corrected chi connectivity index (χ0v) is 17.5. The summed E-state index contributed by atoms with van der Waals surface area (Å²) in [6, 6.07) is 18.5. The molecule has 0 N–H and O–H groups in total. The van der Waals surface area contributed by atoms with Crippen LogP contribution in [-0.2, 0) is 0 Å². The minimum atomic E-state index is -0.452. The van der Waals surface area contributed by atoms with Gasteiger partial charge in [0, 0.05) is 11.8 Å². The SMILES string of the molecule is Cc1noc(C)c1-c1ccc2nc(C)n(C(c3ccccc3)c3ncccc3F)c2c1. The third kappa shape index (κ3) is 3.20. The van der Waals surface area contributed by atoms with Crippen LogP contribution in [0.5, 0.6) is 0 Å². The molecule has 1 atom stereocenters. The molecular weight excluding hydrogens is 391 g/mol. The second-order valence-corrected chi connectivity index (χ2v) is 7.62. The molecule has 0 fully saturated rings. The fourth-order valence-corrected chi connectivity index (χ4v) is 4.25. The van der Waals surface area contributed by atoms with Crippen LogP contribution in [0.4, 0.5) is 4.39 Å². The number of hydrogen-bond acceptors (Lipinski definition) is 4. The summed E-state index contributed by atoms with van der Waals surface area (Å²) >= 11 is 0. The predicted molar refractivity (Wildman–Crippen MR) is 117 cm³/mol. The number of rotatable bonds is 4. The summed E-state index contributed by atoms with van der Waals surface area (Å²) < 4.78 is 22.4. The summed E-state index contributed by atoms with van der Waals surface area (Å²) in [7, 11) is 0. The summed E-state index contributed by atoms with van der Waals surface area (Å²) in [6.07, 6.45) is 1.62. The van der Waals surface area contributed by atoms with Gasteiger partial charge in [-0.3, -0.25) is 4.98 Å². The van der Waals surface area contributed by atoms with Gasteiger partial charge in [-0.1, -0.05) is 41.6 Å². The van der Waals surface area contributed by atoms with Gasteiger partial charge in [0.1, 0.15) is 29.1 Å². The Labute approximate surface area is 179 Å². The van der Waals surface area contributed by atoms with Crippen LogP contribution in [0.3, 0.4) is 0 Å². The lowest BCUT2D eigenvalue weighted by Gasteiger charge is -2.22. The number of imidazole rings is 1. The topological polar surface area (TPSA) is 56.7 Å². The highest BCUT2D eigenvalue weighted by molar-refractivity contribution is 5.84. The number of hydrogen-bond donors (Lipinski definition) is 0. The zero-order valence-electron chi connectivity index (χ0n) is 17.5. The fraction of sp³-hybridized carbons (Fsp3) is 0.160. The maximum absolute atomic E-state index is 14.9. The lowest BCUT2D eigenvalue weighted by atomic mass is 10.0. The van der Waals surface area contributed by atoms with Crippen LogP contribution < -0.4 is 0 Å². The van der Waals surface area contributed by atoms with Crippen LogP contribution in [0.15, 0.2) is 71.4 Å². The molecule has 0 saturated carbocycles. The van der Waals surface area contributed by atoms with Crippen molar-refractivity contribution in [3.63, 3.8) is 0 Å². The number of aromatic nitrogens is 4. The van der Waals surface area contributed by atoms with Crippen molar-refractivity contribution in [2.45, 2.75) is 26.8 Å². The highest BCUT2D eigenvalue weighted by Crippen LogP contribution is 2.35. The van der Waals surface area contributed by atoms with Crippen LogP contribution in [0.2, 0.25) is 0 Å². The lowest BCUT2D eigenvalue weighted by molar-refractivity contribution is 0.393.